The van der Waals surface area contributed by atoms with Crippen molar-refractivity contribution < 1.29 is 9.53 Å². The maximum absolute atomic E-state index is 12.0. The lowest BCUT2D eigenvalue weighted by Crippen LogP contribution is -2.27. The van der Waals surface area contributed by atoms with Crippen molar-refractivity contribution in [1.82, 2.24) is 0 Å². The summed E-state index contributed by atoms with van der Waals surface area (Å²) in [7, 11) is 0. The van der Waals surface area contributed by atoms with Crippen molar-refractivity contribution in [3.05, 3.63) is 29.8 Å². The number of benzene rings is 1. The number of ether oxygens (including phenoxy) is 1. The minimum atomic E-state index is -0.0253. The van der Waals surface area contributed by atoms with Crippen LogP contribution < -0.4 is 5.32 Å². The average Bonchev–Trinajstić information content (AvgIpc) is 2.76. The second-order valence-electron chi connectivity index (χ2n) is 4.29. The minimum Gasteiger partial charge on any atom is -0.378 e. The molecule has 17 heavy (non-hydrogen) atoms. The second kappa shape index (κ2) is 5.65. The molecule has 0 aliphatic carbocycles. The smallest absolute Gasteiger partial charge is 0.230 e. The third-order valence-electron chi connectivity index (χ3n) is 3.06. The lowest BCUT2D eigenvalue weighted by Gasteiger charge is -2.14. The largest absolute Gasteiger partial charge is 0.378 e. The fourth-order valence-corrected chi connectivity index (χ4v) is 2.39. The van der Waals surface area contributed by atoms with Gasteiger partial charge < -0.3 is 10.1 Å². The predicted molar refractivity (Wildman–Crippen MR) is 71.2 cm³/mol. The second-order valence-corrected chi connectivity index (χ2v) is 4.86. The van der Waals surface area contributed by atoms with Crippen LogP contribution in [-0.4, -0.2) is 18.6 Å². The molecule has 1 aliphatic heterocycles. The molecule has 1 amide bonds. The van der Waals surface area contributed by atoms with E-state index < -0.39 is 0 Å². The first-order valence-electron chi connectivity index (χ1n) is 5.78. The van der Waals surface area contributed by atoms with Crippen LogP contribution in [0.3, 0.4) is 0 Å². The number of rotatable bonds is 3. The Bertz CT molecular complexity index is 408. The summed E-state index contributed by atoms with van der Waals surface area (Å²) >= 11 is 3.40. The Morgan fingerprint density at radius 2 is 2.41 bits per heavy atom. The molecule has 3 nitrogen and oxygen atoms in total. The molecule has 0 bridgehead atoms. The molecule has 1 N–H and O–H groups in total. The molecule has 1 saturated heterocycles. The number of amides is 1. The van der Waals surface area contributed by atoms with E-state index in [1.807, 2.05) is 31.2 Å². The van der Waals surface area contributed by atoms with Crippen LogP contribution in [0.2, 0.25) is 0 Å². The van der Waals surface area contributed by atoms with E-state index in [4.69, 9.17) is 4.74 Å². The molecule has 1 aliphatic rings. The number of hydrogen-bond donors (Lipinski definition) is 1. The number of nitrogens with one attached hydrogen (secondary N) is 1. The maximum atomic E-state index is 12.0. The van der Waals surface area contributed by atoms with Crippen molar-refractivity contribution in [3.8, 4) is 0 Å². The molecule has 0 aromatic heterocycles. The van der Waals surface area contributed by atoms with Crippen molar-refractivity contribution in [2.75, 3.05) is 11.9 Å². The van der Waals surface area contributed by atoms with E-state index in [0.29, 0.717) is 6.61 Å². The first kappa shape index (κ1) is 12.6. The molecule has 0 saturated carbocycles. The van der Waals surface area contributed by atoms with Gasteiger partial charge in [0.2, 0.25) is 5.91 Å². The van der Waals surface area contributed by atoms with Gasteiger partial charge in [0.25, 0.3) is 0 Å². The molecule has 1 fully saturated rings. The average molecular weight is 298 g/mol. The first-order valence-corrected chi connectivity index (χ1v) is 6.90. The Kier molecular flexibility index (Phi) is 4.18. The summed E-state index contributed by atoms with van der Waals surface area (Å²) in [6.07, 6.45) is 0.833. The zero-order chi connectivity index (χ0) is 12.3. The number of carbonyl (C=O) groups excluding carboxylic acids is 1. The summed E-state index contributed by atoms with van der Waals surface area (Å²) in [5, 5.41) is 3.74. The van der Waals surface area contributed by atoms with Gasteiger partial charge in [0, 0.05) is 17.6 Å². The highest BCUT2D eigenvalue weighted by Crippen LogP contribution is 2.22. The third-order valence-corrected chi connectivity index (χ3v) is 3.71. The van der Waals surface area contributed by atoms with E-state index in [1.165, 1.54) is 0 Å². The monoisotopic (exact) mass is 297 g/mol. The van der Waals surface area contributed by atoms with E-state index in [9.17, 15) is 4.79 Å². The Hall–Kier alpha value is -0.870. The topological polar surface area (TPSA) is 38.3 Å². The number of carbonyl (C=O) groups is 1. The van der Waals surface area contributed by atoms with Crippen molar-refractivity contribution in [1.29, 1.82) is 0 Å². The van der Waals surface area contributed by atoms with Gasteiger partial charge in [-0.1, -0.05) is 28.1 Å². The summed E-state index contributed by atoms with van der Waals surface area (Å²) in [6, 6.07) is 7.85. The quantitative estimate of drug-likeness (QED) is 0.871. The molecule has 0 radical (unpaired) electrons. The molecular formula is C13H16BrNO2. The van der Waals surface area contributed by atoms with Crippen LogP contribution >= 0.6 is 15.9 Å². The fourth-order valence-electron chi connectivity index (χ4n) is 2.04. The van der Waals surface area contributed by atoms with Crippen molar-refractivity contribution in [2.45, 2.75) is 24.8 Å². The van der Waals surface area contributed by atoms with Gasteiger partial charge in [-0.3, -0.25) is 4.79 Å². The standard InChI is InChI=1S/C13H16BrNO2/c1-9-12(5-6-17-9)13(16)15-11-4-2-3-10(7-11)8-14/h2-4,7,9,12H,5-6,8H2,1H3,(H,15,16). The number of hydrogen-bond acceptors (Lipinski definition) is 2. The normalized spacial score (nSPS) is 23.6. The van der Waals surface area contributed by atoms with E-state index in [0.717, 1.165) is 23.0 Å². The zero-order valence-corrected chi connectivity index (χ0v) is 11.4. The number of alkyl halides is 1. The summed E-state index contributed by atoms with van der Waals surface area (Å²) in [4.78, 5) is 12.0. The molecule has 2 atom stereocenters. The van der Waals surface area contributed by atoms with Gasteiger partial charge in [-0.25, -0.2) is 0 Å². The van der Waals surface area contributed by atoms with Crippen molar-refractivity contribution in [2.24, 2.45) is 5.92 Å². The molecule has 1 aromatic carbocycles. The van der Waals surface area contributed by atoms with E-state index in [1.54, 1.807) is 0 Å². The highest BCUT2D eigenvalue weighted by Gasteiger charge is 2.30. The van der Waals surface area contributed by atoms with Crippen LogP contribution in [0.15, 0.2) is 24.3 Å². The molecule has 2 unspecified atom stereocenters. The van der Waals surface area contributed by atoms with Gasteiger partial charge >= 0.3 is 0 Å². The van der Waals surface area contributed by atoms with Gasteiger partial charge in [-0.15, -0.1) is 0 Å². The molecular weight excluding hydrogens is 282 g/mol. The van der Waals surface area contributed by atoms with E-state index in [-0.39, 0.29) is 17.9 Å². The Labute approximate surface area is 110 Å². The molecule has 2 rings (SSSR count). The first-order chi connectivity index (χ1) is 8.20. The molecule has 0 spiro atoms. The molecule has 1 aromatic rings. The predicted octanol–water partition coefficient (Wildman–Crippen LogP) is 2.95. The number of anilines is 1. The summed E-state index contributed by atoms with van der Waals surface area (Å²) in [5.41, 5.74) is 2.00. The van der Waals surface area contributed by atoms with Crippen molar-refractivity contribution >= 4 is 27.5 Å². The van der Waals surface area contributed by atoms with E-state index >= 15 is 0 Å². The summed E-state index contributed by atoms with van der Waals surface area (Å²) in [5.74, 6) is 0.0318. The van der Waals surface area contributed by atoms with E-state index in [2.05, 4.69) is 21.2 Å². The Morgan fingerprint density at radius 3 is 3.06 bits per heavy atom. The van der Waals surface area contributed by atoms with Gasteiger partial charge in [-0.2, -0.15) is 0 Å². The van der Waals surface area contributed by atoms with Gasteiger partial charge in [0.1, 0.15) is 0 Å². The lowest BCUT2D eigenvalue weighted by atomic mass is 10.0. The van der Waals surface area contributed by atoms with Gasteiger partial charge in [-0.05, 0) is 31.0 Å². The highest BCUT2D eigenvalue weighted by molar-refractivity contribution is 9.08. The van der Waals surface area contributed by atoms with Crippen molar-refractivity contribution in [3.63, 3.8) is 0 Å². The zero-order valence-electron chi connectivity index (χ0n) is 9.78. The summed E-state index contributed by atoms with van der Waals surface area (Å²) < 4.78 is 5.40. The van der Waals surface area contributed by atoms with Gasteiger partial charge in [0.15, 0.2) is 0 Å². The maximum Gasteiger partial charge on any atom is 0.230 e. The van der Waals surface area contributed by atoms with Crippen LogP contribution in [0.25, 0.3) is 0 Å². The fraction of sp³-hybridized carbons (Fsp3) is 0.462. The third kappa shape index (κ3) is 3.07. The minimum absolute atomic E-state index is 0.0226. The summed E-state index contributed by atoms with van der Waals surface area (Å²) in [6.45, 7) is 2.63. The Balaban J connectivity index is 2.02. The van der Waals surface area contributed by atoms with Crippen LogP contribution in [-0.2, 0) is 14.9 Å². The Morgan fingerprint density at radius 1 is 1.59 bits per heavy atom. The molecule has 1 heterocycles. The van der Waals surface area contributed by atoms with Gasteiger partial charge in [0.05, 0.1) is 12.0 Å². The molecule has 92 valence electrons. The van der Waals surface area contributed by atoms with Crippen LogP contribution in [0.4, 0.5) is 5.69 Å². The highest BCUT2D eigenvalue weighted by atomic mass is 79.9. The SMILES string of the molecule is CC1OCCC1C(=O)Nc1cccc(CBr)c1. The number of halogens is 1. The van der Waals surface area contributed by atoms with Crippen LogP contribution in [0, 0.1) is 5.92 Å². The van der Waals surface area contributed by atoms with Crippen LogP contribution in [0.5, 0.6) is 0 Å². The molecule has 4 heteroatoms. The lowest BCUT2D eigenvalue weighted by molar-refractivity contribution is -0.121. The van der Waals surface area contributed by atoms with Crippen LogP contribution in [0.1, 0.15) is 18.9 Å².